The van der Waals surface area contributed by atoms with Gasteiger partial charge in [-0.1, -0.05) is 0 Å². The fourth-order valence-corrected chi connectivity index (χ4v) is 0.193. The van der Waals surface area contributed by atoms with Crippen LogP contribution in [0.5, 0.6) is 0 Å². The van der Waals surface area contributed by atoms with Crippen molar-refractivity contribution in [2.75, 3.05) is 0 Å². The minimum atomic E-state index is -0.248. The molecule has 0 fully saturated rings. The Bertz CT molecular complexity index is 55.5. The molecule has 0 atom stereocenters. The van der Waals surface area contributed by atoms with E-state index in [4.69, 9.17) is 4.55 Å². The van der Waals surface area contributed by atoms with Crippen LogP contribution in [0, 0.1) is 0 Å². The Balaban J connectivity index is 2.83. The smallest absolute Gasteiger partial charge is 0.228 e. The van der Waals surface area contributed by atoms with E-state index in [-0.39, 0.29) is 5.91 Å². The van der Waals surface area contributed by atoms with Crippen LogP contribution in [0.2, 0.25) is 0 Å². The number of hydrogen-bond donors (Lipinski definition) is 2. The summed E-state index contributed by atoms with van der Waals surface area (Å²) in [5, 5.41) is 0. The highest BCUT2D eigenvalue weighted by atomic mass is 32.2. The molecule has 6 heavy (non-hydrogen) atoms. The zero-order chi connectivity index (χ0) is 4.99. The van der Waals surface area contributed by atoms with E-state index in [0.717, 1.165) is 0 Å². The van der Waals surface area contributed by atoms with Crippen LogP contribution in [0.15, 0.2) is 0 Å². The Labute approximate surface area is 40.1 Å². The molecule has 1 amide bonds. The molecule has 36 valence electrons. The highest BCUT2D eigenvalue weighted by Crippen LogP contribution is 1.76. The number of carbonyl (C=O) groups is 1. The molecule has 0 unspecified atom stereocenters. The van der Waals surface area contributed by atoms with Crippen molar-refractivity contribution in [3.05, 3.63) is 0 Å². The average Bonchev–Trinajstić information content (AvgIpc) is 1.35. The molecule has 0 aliphatic carbocycles. The second-order valence-corrected chi connectivity index (χ2v) is 1.14. The van der Waals surface area contributed by atoms with Crippen molar-refractivity contribution in [2.45, 2.75) is 6.92 Å². The van der Waals surface area contributed by atoms with Crippen molar-refractivity contribution in [3.63, 3.8) is 0 Å². The van der Waals surface area contributed by atoms with E-state index in [2.05, 4.69) is 0 Å². The van der Waals surface area contributed by atoms with Crippen LogP contribution >= 0.6 is 12.2 Å². The SMILES string of the molecule is CC(=O)NSO. The Kier molecular flexibility index (Phi) is 2.88. The molecule has 0 spiro atoms. The highest BCUT2D eigenvalue weighted by Gasteiger charge is 1.81. The fraction of sp³-hybridized carbons (Fsp3) is 0.500. The molecule has 0 aliphatic heterocycles. The molecule has 0 bridgehead atoms. The lowest BCUT2D eigenvalue weighted by molar-refractivity contribution is -0.117. The summed E-state index contributed by atoms with van der Waals surface area (Å²) in [6.45, 7) is 1.32. The van der Waals surface area contributed by atoms with Crippen molar-refractivity contribution in [1.29, 1.82) is 0 Å². The maximum Gasteiger partial charge on any atom is 0.228 e. The predicted molar refractivity (Wildman–Crippen MR) is 24.0 cm³/mol. The lowest BCUT2D eigenvalue weighted by atomic mass is 10.8. The Morgan fingerprint density at radius 1 is 2.00 bits per heavy atom. The molecule has 0 aliphatic rings. The van der Waals surface area contributed by atoms with E-state index in [9.17, 15) is 4.79 Å². The van der Waals surface area contributed by atoms with Gasteiger partial charge in [0.15, 0.2) is 0 Å². The molecule has 2 N–H and O–H groups in total. The Morgan fingerprint density at radius 3 is 2.50 bits per heavy atom. The van der Waals surface area contributed by atoms with E-state index in [1.165, 1.54) is 6.92 Å². The molecule has 0 aromatic carbocycles. The van der Waals surface area contributed by atoms with Gasteiger partial charge in [-0.15, -0.1) is 0 Å². The van der Waals surface area contributed by atoms with Crippen molar-refractivity contribution in [3.8, 4) is 0 Å². The second-order valence-electron chi connectivity index (χ2n) is 0.750. The summed E-state index contributed by atoms with van der Waals surface area (Å²) in [6, 6.07) is 0. The minimum absolute atomic E-state index is 0.248. The third-order valence-electron chi connectivity index (χ3n) is 0.189. The topological polar surface area (TPSA) is 49.3 Å². The summed E-state index contributed by atoms with van der Waals surface area (Å²) in [7, 11) is 0. The van der Waals surface area contributed by atoms with Gasteiger partial charge >= 0.3 is 0 Å². The lowest BCUT2D eigenvalue weighted by Gasteiger charge is -1.85. The summed E-state index contributed by atoms with van der Waals surface area (Å²) in [6.07, 6.45) is 0. The Morgan fingerprint density at radius 2 is 2.50 bits per heavy atom. The molecule has 3 nitrogen and oxygen atoms in total. The summed E-state index contributed by atoms with van der Waals surface area (Å²) in [5.74, 6) is -0.248. The maximum atomic E-state index is 9.75. The highest BCUT2D eigenvalue weighted by molar-refractivity contribution is 7.92. The summed E-state index contributed by atoms with van der Waals surface area (Å²) in [5.41, 5.74) is 0. The first-order valence-electron chi connectivity index (χ1n) is 1.34. The van der Waals surface area contributed by atoms with Crippen LogP contribution in [0.3, 0.4) is 0 Å². The van der Waals surface area contributed by atoms with Gasteiger partial charge in [-0.05, 0) is 0 Å². The largest absolute Gasteiger partial charge is 0.312 e. The third-order valence-corrected chi connectivity index (χ3v) is 0.568. The summed E-state index contributed by atoms with van der Waals surface area (Å²) >= 11 is 0.310. The van der Waals surface area contributed by atoms with E-state index in [1.54, 1.807) is 0 Å². The fourth-order valence-electron chi connectivity index (χ4n) is 0.0643. The molecular weight excluding hydrogens is 102 g/mol. The number of carbonyl (C=O) groups excluding carboxylic acids is 1. The molecule has 0 saturated carbocycles. The van der Waals surface area contributed by atoms with E-state index < -0.39 is 0 Å². The van der Waals surface area contributed by atoms with Crippen LogP contribution in [0.4, 0.5) is 0 Å². The van der Waals surface area contributed by atoms with Gasteiger partial charge in [0, 0.05) is 6.92 Å². The van der Waals surface area contributed by atoms with E-state index >= 15 is 0 Å². The van der Waals surface area contributed by atoms with Crippen molar-refractivity contribution < 1.29 is 9.35 Å². The third kappa shape index (κ3) is 3.78. The predicted octanol–water partition coefficient (Wildman–Crippen LogP) is 0.244. The lowest BCUT2D eigenvalue weighted by Crippen LogP contribution is -2.08. The quantitative estimate of drug-likeness (QED) is 0.373. The van der Waals surface area contributed by atoms with Crippen LogP contribution in [-0.4, -0.2) is 10.5 Å². The molecule has 0 heterocycles. The molecule has 4 heteroatoms. The monoisotopic (exact) mass is 107 g/mol. The Hall–Kier alpha value is -0.220. The number of hydrogen-bond acceptors (Lipinski definition) is 3. The van der Waals surface area contributed by atoms with Crippen LogP contribution < -0.4 is 4.72 Å². The van der Waals surface area contributed by atoms with E-state index in [1.807, 2.05) is 4.72 Å². The molecule has 0 aromatic heterocycles. The van der Waals surface area contributed by atoms with E-state index in [0.29, 0.717) is 12.2 Å². The van der Waals surface area contributed by atoms with Gasteiger partial charge in [-0.2, -0.15) is 0 Å². The summed E-state index contributed by atoms with van der Waals surface area (Å²) < 4.78 is 9.86. The molecular formula is C2H5NO2S. The first-order chi connectivity index (χ1) is 2.77. The molecule has 0 rings (SSSR count). The minimum Gasteiger partial charge on any atom is -0.312 e. The first kappa shape index (κ1) is 5.78. The standard InChI is InChI=1S/C2H5NO2S/c1-2(4)3-6-5/h5H,1H3,(H,3,4). The van der Waals surface area contributed by atoms with Crippen molar-refractivity contribution >= 4 is 18.1 Å². The second kappa shape index (κ2) is 2.99. The summed E-state index contributed by atoms with van der Waals surface area (Å²) in [4.78, 5) is 9.75. The van der Waals surface area contributed by atoms with Gasteiger partial charge < -0.3 is 4.55 Å². The van der Waals surface area contributed by atoms with Gasteiger partial charge in [-0.25, -0.2) is 0 Å². The molecule has 0 saturated heterocycles. The van der Waals surface area contributed by atoms with Crippen LogP contribution in [0.1, 0.15) is 6.92 Å². The van der Waals surface area contributed by atoms with Gasteiger partial charge in [0.1, 0.15) is 12.2 Å². The molecule has 0 radical (unpaired) electrons. The van der Waals surface area contributed by atoms with Crippen molar-refractivity contribution in [1.82, 2.24) is 4.72 Å². The zero-order valence-electron chi connectivity index (χ0n) is 3.26. The first-order valence-corrected chi connectivity index (χ1v) is 2.11. The average molecular weight is 107 g/mol. The maximum absolute atomic E-state index is 9.75. The molecule has 0 aromatic rings. The zero-order valence-corrected chi connectivity index (χ0v) is 4.08. The van der Waals surface area contributed by atoms with Crippen molar-refractivity contribution in [2.24, 2.45) is 0 Å². The number of amides is 1. The van der Waals surface area contributed by atoms with Gasteiger partial charge in [-0.3, -0.25) is 9.52 Å². The van der Waals surface area contributed by atoms with Gasteiger partial charge in [0.05, 0.1) is 0 Å². The number of rotatable bonds is 1. The van der Waals surface area contributed by atoms with Crippen LogP contribution in [-0.2, 0) is 4.79 Å². The van der Waals surface area contributed by atoms with Crippen LogP contribution in [0.25, 0.3) is 0 Å². The normalized spacial score (nSPS) is 7.67. The number of nitrogens with one attached hydrogen (secondary N) is 1. The van der Waals surface area contributed by atoms with Gasteiger partial charge in [0.25, 0.3) is 0 Å². The van der Waals surface area contributed by atoms with Gasteiger partial charge in [0.2, 0.25) is 5.91 Å².